The lowest BCUT2D eigenvalue weighted by Gasteiger charge is -1.94. The number of aromatic carboxylic acids is 1. The van der Waals surface area contributed by atoms with E-state index in [2.05, 4.69) is 4.98 Å². The molecule has 0 saturated carbocycles. The number of rotatable bonds is 3. The lowest BCUT2D eigenvalue weighted by molar-refractivity contribution is 0.0691. The summed E-state index contributed by atoms with van der Waals surface area (Å²) in [6.45, 7) is 1.81. The Balaban J connectivity index is 2.37. The number of carboxylic acid groups (broad SMARTS) is 1. The van der Waals surface area contributed by atoms with E-state index >= 15 is 0 Å². The van der Waals surface area contributed by atoms with Gasteiger partial charge in [-0.15, -0.1) is 11.3 Å². The minimum Gasteiger partial charge on any atom is -0.477 e. The number of halogens is 1. The quantitative estimate of drug-likeness (QED) is 0.842. The Morgan fingerprint density at radius 1 is 1.47 bits per heavy atom. The van der Waals surface area contributed by atoms with E-state index in [1.807, 2.05) is 6.92 Å². The summed E-state index contributed by atoms with van der Waals surface area (Å²) in [7, 11) is 0. The SMILES string of the molecule is Cc1csc(C(=O)c2c[nH]c(C(=O)O)c2)c1Cl. The molecule has 6 heteroatoms. The van der Waals surface area contributed by atoms with Gasteiger partial charge in [-0.2, -0.15) is 0 Å². The number of thiophene rings is 1. The van der Waals surface area contributed by atoms with Gasteiger partial charge >= 0.3 is 5.97 Å². The van der Waals surface area contributed by atoms with Crippen molar-refractivity contribution in [2.45, 2.75) is 6.92 Å². The van der Waals surface area contributed by atoms with Crippen molar-refractivity contribution in [2.75, 3.05) is 0 Å². The average molecular weight is 270 g/mol. The highest BCUT2D eigenvalue weighted by Crippen LogP contribution is 2.29. The second kappa shape index (κ2) is 4.35. The molecule has 0 fully saturated rings. The Bertz CT molecular complexity index is 600. The molecule has 2 N–H and O–H groups in total. The molecule has 88 valence electrons. The fourth-order valence-corrected chi connectivity index (χ4v) is 2.60. The lowest BCUT2D eigenvalue weighted by atomic mass is 10.1. The zero-order valence-electron chi connectivity index (χ0n) is 8.78. The van der Waals surface area contributed by atoms with Gasteiger partial charge in [-0.1, -0.05) is 11.6 Å². The van der Waals surface area contributed by atoms with Crippen LogP contribution >= 0.6 is 22.9 Å². The molecule has 4 nitrogen and oxygen atoms in total. The third-order valence-corrected chi connectivity index (χ3v) is 3.98. The molecular formula is C11H8ClNO3S. The van der Waals surface area contributed by atoms with Crippen molar-refractivity contribution in [3.8, 4) is 0 Å². The molecule has 2 aromatic heterocycles. The molecule has 17 heavy (non-hydrogen) atoms. The molecule has 0 aliphatic heterocycles. The molecule has 2 rings (SSSR count). The van der Waals surface area contributed by atoms with Gasteiger partial charge in [-0.3, -0.25) is 4.79 Å². The number of carbonyl (C=O) groups is 2. The number of aryl methyl sites for hydroxylation is 1. The molecule has 0 bridgehead atoms. The molecule has 0 spiro atoms. The first-order chi connectivity index (χ1) is 8.00. The van der Waals surface area contributed by atoms with Gasteiger partial charge in [0.05, 0.1) is 9.90 Å². The summed E-state index contributed by atoms with van der Waals surface area (Å²) in [5.41, 5.74) is 1.12. The van der Waals surface area contributed by atoms with Crippen LogP contribution in [0.15, 0.2) is 17.6 Å². The zero-order chi connectivity index (χ0) is 12.6. The van der Waals surface area contributed by atoms with Gasteiger partial charge in [0.2, 0.25) is 5.78 Å². The molecule has 0 radical (unpaired) electrons. The molecule has 0 saturated heterocycles. The highest BCUT2D eigenvalue weighted by atomic mass is 35.5. The van der Waals surface area contributed by atoms with Gasteiger partial charge < -0.3 is 10.1 Å². The van der Waals surface area contributed by atoms with Gasteiger partial charge in [-0.05, 0) is 23.9 Å². The van der Waals surface area contributed by atoms with E-state index in [-0.39, 0.29) is 11.5 Å². The first kappa shape index (κ1) is 11.9. The summed E-state index contributed by atoms with van der Waals surface area (Å²) in [5.74, 6) is -1.37. The summed E-state index contributed by atoms with van der Waals surface area (Å²) in [6.07, 6.45) is 1.37. The van der Waals surface area contributed by atoms with Gasteiger partial charge in [-0.25, -0.2) is 4.79 Å². The maximum atomic E-state index is 12.0. The van der Waals surface area contributed by atoms with E-state index in [0.717, 1.165) is 5.56 Å². The van der Waals surface area contributed by atoms with Crippen molar-refractivity contribution in [3.63, 3.8) is 0 Å². The summed E-state index contributed by atoms with van der Waals surface area (Å²) in [4.78, 5) is 25.7. The van der Waals surface area contributed by atoms with Gasteiger partial charge in [0.25, 0.3) is 0 Å². The summed E-state index contributed by atoms with van der Waals surface area (Å²) >= 11 is 7.24. The fraction of sp³-hybridized carbons (Fsp3) is 0.0909. The molecular weight excluding hydrogens is 262 g/mol. The lowest BCUT2D eigenvalue weighted by Crippen LogP contribution is -1.98. The van der Waals surface area contributed by atoms with Crippen LogP contribution in [0.3, 0.4) is 0 Å². The Morgan fingerprint density at radius 3 is 2.65 bits per heavy atom. The maximum absolute atomic E-state index is 12.0. The van der Waals surface area contributed by atoms with Gasteiger partial charge in [0.1, 0.15) is 5.69 Å². The third-order valence-electron chi connectivity index (χ3n) is 2.28. The molecule has 0 aliphatic rings. The Hall–Kier alpha value is -1.59. The molecule has 0 aromatic carbocycles. The van der Waals surface area contributed by atoms with Gasteiger partial charge in [0.15, 0.2) is 0 Å². The monoisotopic (exact) mass is 269 g/mol. The number of carbonyl (C=O) groups excluding carboxylic acids is 1. The van der Waals surface area contributed by atoms with Crippen molar-refractivity contribution in [1.82, 2.24) is 4.98 Å². The number of carboxylic acids is 1. The third kappa shape index (κ3) is 2.11. The fourth-order valence-electron chi connectivity index (χ4n) is 1.36. The van der Waals surface area contributed by atoms with E-state index < -0.39 is 5.97 Å². The van der Waals surface area contributed by atoms with Gasteiger partial charge in [0, 0.05) is 11.8 Å². The van der Waals surface area contributed by atoms with Crippen LogP contribution in [0.1, 0.15) is 31.3 Å². The Labute approximate surface area is 106 Å². The van der Waals surface area contributed by atoms with Crippen LogP contribution in [0.4, 0.5) is 0 Å². The van der Waals surface area contributed by atoms with Crippen LogP contribution in [0.2, 0.25) is 5.02 Å². The number of hydrogen-bond donors (Lipinski definition) is 2. The van der Waals surface area contributed by atoms with Crippen molar-refractivity contribution in [1.29, 1.82) is 0 Å². The Morgan fingerprint density at radius 2 is 2.18 bits per heavy atom. The summed E-state index contributed by atoms with van der Waals surface area (Å²) in [5, 5.41) is 11.0. The maximum Gasteiger partial charge on any atom is 0.352 e. The minimum atomic E-state index is -1.10. The van der Waals surface area contributed by atoms with Crippen LogP contribution < -0.4 is 0 Å². The molecule has 0 unspecified atom stereocenters. The highest BCUT2D eigenvalue weighted by molar-refractivity contribution is 7.13. The highest BCUT2D eigenvalue weighted by Gasteiger charge is 2.18. The molecule has 0 amide bonds. The number of aromatic amines is 1. The van der Waals surface area contributed by atoms with E-state index in [9.17, 15) is 9.59 Å². The largest absolute Gasteiger partial charge is 0.477 e. The van der Waals surface area contributed by atoms with Crippen molar-refractivity contribution < 1.29 is 14.7 Å². The number of nitrogens with one attached hydrogen (secondary N) is 1. The van der Waals surface area contributed by atoms with Crippen molar-refractivity contribution in [3.05, 3.63) is 44.4 Å². The number of hydrogen-bond acceptors (Lipinski definition) is 3. The van der Waals surface area contributed by atoms with Crippen LogP contribution in [0.25, 0.3) is 0 Å². The van der Waals surface area contributed by atoms with Crippen LogP contribution in [-0.4, -0.2) is 21.8 Å². The minimum absolute atomic E-state index is 0.0160. The second-order valence-corrected chi connectivity index (χ2v) is 4.76. The predicted molar refractivity (Wildman–Crippen MR) is 65.3 cm³/mol. The normalized spacial score (nSPS) is 10.5. The Kier molecular flexibility index (Phi) is 3.04. The number of H-pyrrole nitrogens is 1. The summed E-state index contributed by atoms with van der Waals surface area (Å²) < 4.78 is 0. The van der Waals surface area contributed by atoms with Crippen molar-refractivity contribution >= 4 is 34.7 Å². The summed E-state index contributed by atoms with van der Waals surface area (Å²) in [6, 6.07) is 1.30. The van der Waals surface area contributed by atoms with Crippen molar-refractivity contribution in [2.24, 2.45) is 0 Å². The number of aromatic nitrogens is 1. The van der Waals surface area contributed by atoms with Crippen LogP contribution in [0, 0.1) is 6.92 Å². The predicted octanol–water partition coefficient (Wildman–Crippen LogP) is 2.97. The first-order valence-electron chi connectivity index (χ1n) is 4.70. The standard InChI is InChI=1S/C11H8ClNO3S/c1-5-4-17-10(8(5)12)9(14)6-2-7(11(15)16)13-3-6/h2-4,13H,1H3,(H,15,16). The van der Waals surface area contributed by atoms with Crippen LogP contribution in [-0.2, 0) is 0 Å². The van der Waals surface area contributed by atoms with E-state index in [0.29, 0.717) is 15.5 Å². The zero-order valence-corrected chi connectivity index (χ0v) is 10.4. The molecule has 2 heterocycles. The van der Waals surface area contributed by atoms with E-state index in [1.54, 1.807) is 5.38 Å². The van der Waals surface area contributed by atoms with Crippen LogP contribution in [0.5, 0.6) is 0 Å². The second-order valence-electron chi connectivity index (χ2n) is 3.50. The smallest absolute Gasteiger partial charge is 0.352 e. The van der Waals surface area contributed by atoms with E-state index in [1.165, 1.54) is 23.6 Å². The topological polar surface area (TPSA) is 70.2 Å². The number of ketones is 1. The molecule has 0 atom stereocenters. The molecule has 2 aromatic rings. The average Bonchev–Trinajstić information content (AvgIpc) is 2.87. The first-order valence-corrected chi connectivity index (χ1v) is 5.96. The molecule has 0 aliphatic carbocycles. The van der Waals surface area contributed by atoms with E-state index in [4.69, 9.17) is 16.7 Å².